The largest absolute Gasteiger partial charge is 0.372 e. The number of alkyl halides is 1. The number of piperidine rings is 2. The summed E-state index contributed by atoms with van der Waals surface area (Å²) in [5.41, 5.74) is 5.18. The van der Waals surface area contributed by atoms with Gasteiger partial charge >= 0.3 is 10.2 Å². The van der Waals surface area contributed by atoms with Crippen LogP contribution in [0.25, 0.3) is 22.2 Å². The summed E-state index contributed by atoms with van der Waals surface area (Å²) in [6, 6.07) is 17.7. The van der Waals surface area contributed by atoms with Crippen molar-refractivity contribution in [2.45, 2.75) is 63.8 Å². The van der Waals surface area contributed by atoms with Crippen LogP contribution in [0.3, 0.4) is 0 Å². The standard InChI is InChI=1S/C50H52F3N9O5S/c1-29-3-12-43(48(64)56-29)62-24-34-19-37(8-9-38(34)49(62)65)60-27-50(28-60)26-59(30(50)2)23-31-13-16-58(17-14-31)36-6-4-32(5-7-36)33-20-39-40(22-55-47(39)54-21-33)46(63)44-41(52)10-11-42(45(44)53)57-68(66,67)61-18-15-35(51)25-61/h4-11,19-22,30-31,35,43,57H,1,3,12-18,23-28H2,2H3,(H,54,55)(H,56,64)/t30-,35-,43?/m1/s1. The van der Waals surface area contributed by atoms with Gasteiger partial charge in [-0.3, -0.25) is 24.0 Å². The van der Waals surface area contributed by atoms with E-state index in [9.17, 15) is 27.2 Å². The lowest BCUT2D eigenvalue weighted by Gasteiger charge is -2.66. The number of hydrogen-bond acceptors (Lipinski definition) is 9. The Balaban J connectivity index is 0.679. The highest BCUT2D eigenvalue weighted by Crippen LogP contribution is 2.48. The van der Waals surface area contributed by atoms with Crippen molar-refractivity contribution >= 4 is 55.9 Å². The number of rotatable bonds is 11. The number of carbonyl (C=O) groups excluding carboxylic acids is 3. The molecule has 2 amide bonds. The quantitative estimate of drug-likeness (QED) is 0.124. The summed E-state index contributed by atoms with van der Waals surface area (Å²) in [4.78, 5) is 56.2. The molecule has 6 aliphatic heterocycles. The van der Waals surface area contributed by atoms with Gasteiger partial charge in [-0.15, -0.1) is 0 Å². The van der Waals surface area contributed by atoms with Gasteiger partial charge < -0.3 is 25.0 Å². The summed E-state index contributed by atoms with van der Waals surface area (Å²) in [6.45, 7) is 12.2. The molecule has 18 heteroatoms. The molecule has 3 N–H and O–H groups in total. The molecule has 0 bridgehead atoms. The number of H-pyrrole nitrogens is 1. The first-order valence-electron chi connectivity index (χ1n) is 23.3. The van der Waals surface area contributed by atoms with E-state index in [0.29, 0.717) is 59.2 Å². The molecule has 8 heterocycles. The number of ketones is 1. The number of benzene rings is 3. The molecule has 11 rings (SSSR count). The minimum absolute atomic E-state index is 0.00763. The molecule has 1 spiro atoms. The van der Waals surface area contributed by atoms with Gasteiger partial charge in [0, 0.05) is 122 Å². The number of aromatic nitrogens is 2. The van der Waals surface area contributed by atoms with Crippen LogP contribution in [0.4, 0.5) is 30.2 Å². The van der Waals surface area contributed by atoms with Crippen LogP contribution in [-0.2, 0) is 21.5 Å². The van der Waals surface area contributed by atoms with Crippen LogP contribution >= 0.6 is 0 Å². The fraction of sp³-hybridized carbons (Fsp3) is 0.400. The minimum Gasteiger partial charge on any atom is -0.372 e. The molecule has 3 aromatic carbocycles. The van der Waals surface area contributed by atoms with Gasteiger partial charge in [-0.2, -0.15) is 12.7 Å². The Labute approximate surface area is 392 Å². The number of fused-ring (bicyclic) bond motifs is 2. The van der Waals surface area contributed by atoms with Crippen molar-refractivity contribution in [3.63, 3.8) is 0 Å². The van der Waals surface area contributed by atoms with Crippen LogP contribution in [0.1, 0.15) is 70.9 Å². The summed E-state index contributed by atoms with van der Waals surface area (Å²) in [7, 11) is -4.35. The number of amides is 2. The number of carbonyl (C=O) groups is 3. The first-order valence-corrected chi connectivity index (χ1v) is 24.8. The van der Waals surface area contributed by atoms with Crippen molar-refractivity contribution in [3.8, 4) is 11.1 Å². The number of hydrogen-bond donors (Lipinski definition) is 3. The van der Waals surface area contributed by atoms with Gasteiger partial charge in [0.2, 0.25) is 11.7 Å². The van der Waals surface area contributed by atoms with E-state index in [4.69, 9.17) is 0 Å². The zero-order valence-corrected chi connectivity index (χ0v) is 38.4. The predicted molar refractivity (Wildman–Crippen MR) is 252 cm³/mol. The second kappa shape index (κ2) is 16.8. The third-order valence-corrected chi connectivity index (χ3v) is 16.9. The number of nitrogens with one attached hydrogen (secondary N) is 3. The molecule has 14 nitrogen and oxygen atoms in total. The summed E-state index contributed by atoms with van der Waals surface area (Å²) in [6.07, 6.45) is 5.10. The lowest BCUT2D eigenvalue weighted by atomic mass is 9.66. The Hall–Kier alpha value is -6.24. The van der Waals surface area contributed by atoms with Crippen molar-refractivity contribution in [3.05, 3.63) is 119 Å². The molecule has 2 aromatic heterocycles. The lowest BCUT2D eigenvalue weighted by molar-refractivity contribution is -0.126. The third-order valence-electron chi connectivity index (χ3n) is 15.4. The van der Waals surface area contributed by atoms with Gasteiger partial charge in [0.05, 0.1) is 11.3 Å². The molecule has 5 saturated heterocycles. The Morgan fingerprint density at radius 1 is 0.926 bits per heavy atom. The zero-order valence-electron chi connectivity index (χ0n) is 37.6. The van der Waals surface area contributed by atoms with Crippen LogP contribution in [0.5, 0.6) is 0 Å². The molecule has 354 valence electrons. The average molecular weight is 948 g/mol. The number of likely N-dealkylation sites (tertiary alicyclic amines) is 1. The highest BCUT2D eigenvalue weighted by molar-refractivity contribution is 7.90. The van der Waals surface area contributed by atoms with Gasteiger partial charge in [-0.1, -0.05) is 18.7 Å². The van der Waals surface area contributed by atoms with Gasteiger partial charge in [-0.25, -0.2) is 18.2 Å². The van der Waals surface area contributed by atoms with E-state index in [1.54, 1.807) is 17.2 Å². The Morgan fingerprint density at radius 3 is 2.41 bits per heavy atom. The second-order valence-corrected chi connectivity index (χ2v) is 21.2. The molecule has 6 aliphatic rings. The SMILES string of the molecule is C=C1CCC(N2Cc3cc(N4CC5(C4)CN(CC4CCN(c6ccc(-c7cnc8[nH]cc(C(=O)c9c(F)ccc(NS(=O)(=O)N%10CC[C@@H](F)C%10)c9F)c8c7)cc6)CC4)[C@@H]5C)ccc3C2=O)C(=O)N1. The van der Waals surface area contributed by atoms with Crippen molar-refractivity contribution in [1.29, 1.82) is 0 Å². The monoisotopic (exact) mass is 947 g/mol. The van der Waals surface area contributed by atoms with E-state index in [2.05, 4.69) is 72.5 Å². The molecule has 68 heavy (non-hydrogen) atoms. The van der Waals surface area contributed by atoms with E-state index >= 15 is 8.78 Å². The van der Waals surface area contributed by atoms with Gasteiger partial charge in [0.15, 0.2) is 5.82 Å². The predicted octanol–water partition coefficient (Wildman–Crippen LogP) is 6.61. The Kier molecular flexibility index (Phi) is 10.9. The summed E-state index contributed by atoms with van der Waals surface area (Å²) in [5, 5.41) is 3.16. The summed E-state index contributed by atoms with van der Waals surface area (Å²) in [5.74, 6) is -3.15. The third kappa shape index (κ3) is 7.69. The van der Waals surface area contributed by atoms with E-state index in [1.165, 1.54) is 6.20 Å². The number of pyridine rings is 1. The van der Waals surface area contributed by atoms with Crippen LogP contribution in [0.15, 0.2) is 85.3 Å². The van der Waals surface area contributed by atoms with Crippen molar-refractivity contribution < 1.29 is 36.0 Å². The van der Waals surface area contributed by atoms with Gasteiger partial charge in [-0.05, 0) is 105 Å². The molecule has 3 atom stereocenters. The normalized spacial score (nSPS) is 23.3. The maximum absolute atomic E-state index is 15.8. The smallest absolute Gasteiger partial charge is 0.301 e. The number of anilines is 3. The average Bonchev–Trinajstić information content (AvgIpc) is 4.04. The lowest BCUT2D eigenvalue weighted by Crippen LogP contribution is -2.77. The van der Waals surface area contributed by atoms with E-state index in [1.807, 2.05) is 18.2 Å². The molecule has 1 unspecified atom stereocenters. The molecule has 0 aliphatic carbocycles. The topological polar surface area (TPSA) is 154 Å². The molecule has 5 fully saturated rings. The molecule has 5 aromatic rings. The fourth-order valence-electron chi connectivity index (χ4n) is 11.3. The summed E-state index contributed by atoms with van der Waals surface area (Å²) >= 11 is 0. The highest BCUT2D eigenvalue weighted by atomic mass is 32.2. The fourth-order valence-corrected chi connectivity index (χ4v) is 12.5. The Bertz CT molecular complexity index is 3010. The van der Waals surface area contributed by atoms with Crippen LogP contribution in [0.2, 0.25) is 0 Å². The van der Waals surface area contributed by atoms with Crippen LogP contribution < -0.4 is 19.8 Å². The second-order valence-electron chi connectivity index (χ2n) is 19.5. The number of nitrogens with zero attached hydrogens (tertiary/aromatic N) is 6. The van der Waals surface area contributed by atoms with Crippen LogP contribution in [0, 0.1) is 23.0 Å². The Morgan fingerprint density at radius 2 is 1.69 bits per heavy atom. The van der Waals surface area contributed by atoms with Gasteiger partial charge in [0.25, 0.3) is 5.91 Å². The zero-order chi connectivity index (χ0) is 47.2. The van der Waals surface area contributed by atoms with Crippen molar-refractivity contribution in [2.75, 3.05) is 66.9 Å². The van der Waals surface area contributed by atoms with Crippen molar-refractivity contribution in [2.24, 2.45) is 11.3 Å². The maximum Gasteiger partial charge on any atom is 0.301 e. The number of allylic oxidation sites excluding steroid dienone is 1. The highest BCUT2D eigenvalue weighted by Gasteiger charge is 2.57. The van der Waals surface area contributed by atoms with Gasteiger partial charge in [0.1, 0.15) is 23.7 Å². The minimum atomic E-state index is -4.35. The number of aromatic amines is 1. The molecular weight excluding hydrogens is 896 g/mol. The number of halogens is 3. The van der Waals surface area contributed by atoms with Crippen LogP contribution in [-0.4, -0.2) is 121 Å². The first kappa shape index (κ1) is 44.3. The molecular formula is C50H52F3N9O5S. The van der Waals surface area contributed by atoms with E-state index in [-0.39, 0.29) is 42.3 Å². The van der Waals surface area contributed by atoms with E-state index in [0.717, 1.165) is 91.0 Å². The summed E-state index contributed by atoms with van der Waals surface area (Å²) < 4.78 is 73.2. The van der Waals surface area contributed by atoms with Crippen molar-refractivity contribution in [1.82, 2.24) is 29.4 Å². The molecule has 0 radical (unpaired) electrons. The maximum atomic E-state index is 15.8. The first-order chi connectivity index (χ1) is 32.6. The van der Waals surface area contributed by atoms with E-state index < -0.39 is 51.1 Å². The molecule has 0 saturated carbocycles.